The van der Waals surface area contributed by atoms with Crippen LogP contribution < -0.4 is 50.8 Å². The number of ether oxygens (including phenoxy) is 4. The minimum absolute atomic E-state index is 0.932. The van der Waals surface area contributed by atoms with Gasteiger partial charge in [0, 0.05) is 0 Å². The normalized spacial score (nSPS) is 11.5. The molecule has 0 unspecified atom stereocenters. The van der Waals surface area contributed by atoms with Gasteiger partial charge in [0.05, 0.1) is 28.4 Å². The van der Waals surface area contributed by atoms with E-state index in [0.717, 1.165) is 67.5 Å². The van der Waals surface area contributed by atoms with Gasteiger partial charge in [-0.15, -0.1) is 0 Å². The Bertz CT molecular complexity index is 2610. The van der Waals surface area contributed by atoms with Gasteiger partial charge in [-0.25, -0.2) is 0 Å². The lowest BCUT2D eigenvalue weighted by molar-refractivity contribution is 0.408. The average Bonchev–Trinajstić information content (AvgIpc) is 3.23. The van der Waals surface area contributed by atoms with Crippen molar-refractivity contribution in [1.82, 2.24) is 0 Å². The zero-order valence-electron chi connectivity index (χ0n) is 38.1. The summed E-state index contributed by atoms with van der Waals surface area (Å²) in [7, 11) is 4.83. The number of hydrogen-bond acceptors (Lipinski definition) is 4. The summed E-state index contributed by atoms with van der Waals surface area (Å²) in [6, 6.07) is 46.2. The van der Waals surface area contributed by atoms with Crippen LogP contribution in [0.3, 0.4) is 0 Å². The third-order valence-corrected chi connectivity index (χ3v) is 17.0. The van der Waals surface area contributed by atoms with Crippen molar-refractivity contribution < 1.29 is 18.9 Å². The molecule has 6 heteroatoms. The van der Waals surface area contributed by atoms with Gasteiger partial charge in [0.25, 0.3) is 0 Å². The van der Waals surface area contributed by atoms with E-state index in [2.05, 4.69) is 177 Å². The first kappa shape index (κ1) is 43.0. The van der Waals surface area contributed by atoms with Crippen LogP contribution in [0.2, 0.25) is 0 Å². The summed E-state index contributed by atoms with van der Waals surface area (Å²) >= 11 is 0. The highest BCUT2D eigenvalue weighted by Gasteiger charge is 2.30. The molecule has 8 rings (SSSR count). The van der Waals surface area contributed by atoms with Gasteiger partial charge in [0.1, 0.15) is 23.0 Å². The largest absolute Gasteiger partial charge is 0.496 e. The van der Waals surface area contributed by atoms with Crippen LogP contribution in [0, 0.1) is 55.4 Å². The summed E-state index contributed by atoms with van der Waals surface area (Å²) in [6.07, 6.45) is 0. The molecule has 0 saturated heterocycles. The third-order valence-electron chi connectivity index (χ3n) is 12.2. The van der Waals surface area contributed by atoms with Crippen molar-refractivity contribution in [3.05, 3.63) is 166 Å². The number of benzene rings is 8. The van der Waals surface area contributed by atoms with Crippen molar-refractivity contribution >= 4 is 69.2 Å². The lowest BCUT2D eigenvalue weighted by atomic mass is 9.93. The number of rotatable bonds is 11. The standard InChI is InChI=1S/C56H56O4P2/c1-33-25-43(26-34(2)53(33)57-9)61(44-27-35(3)54(58-10)36(4)28-44)49-23-21-41-17-13-15-19-47(41)51(49)52-48-20-16-14-18-42(48)22-24-50(52)62(45-29-37(5)55(59-11)38(6)30-45)46-31-39(7)56(60-12)40(8)32-46/h13-32H,1-12H3. The smallest absolute Gasteiger partial charge is 0.124 e. The van der Waals surface area contributed by atoms with Crippen molar-refractivity contribution in [3.8, 4) is 34.1 Å². The Hall–Kier alpha value is -5.66. The van der Waals surface area contributed by atoms with Gasteiger partial charge >= 0.3 is 0 Å². The molecule has 0 radical (unpaired) electrons. The number of hydrogen-bond donors (Lipinski definition) is 0. The van der Waals surface area contributed by atoms with Crippen LogP contribution in [0.15, 0.2) is 121 Å². The highest BCUT2D eigenvalue weighted by molar-refractivity contribution is 7.81. The first-order valence-electron chi connectivity index (χ1n) is 21.1. The highest BCUT2D eigenvalue weighted by Crippen LogP contribution is 2.48. The second-order valence-electron chi connectivity index (χ2n) is 16.5. The van der Waals surface area contributed by atoms with E-state index in [4.69, 9.17) is 18.9 Å². The van der Waals surface area contributed by atoms with Gasteiger partial charge in [0.2, 0.25) is 0 Å². The molecule has 0 heterocycles. The van der Waals surface area contributed by atoms with Crippen molar-refractivity contribution in [2.24, 2.45) is 0 Å². The fraction of sp³-hybridized carbons (Fsp3) is 0.214. The maximum atomic E-state index is 5.96. The van der Waals surface area contributed by atoms with E-state index in [1.54, 1.807) is 28.4 Å². The first-order valence-corrected chi connectivity index (χ1v) is 23.8. The van der Waals surface area contributed by atoms with E-state index in [1.807, 2.05) is 0 Å². The Morgan fingerprint density at radius 2 is 0.548 bits per heavy atom. The molecule has 314 valence electrons. The number of methoxy groups -OCH3 is 4. The topological polar surface area (TPSA) is 36.9 Å². The molecular formula is C56H56O4P2. The van der Waals surface area contributed by atoms with E-state index in [-0.39, 0.29) is 0 Å². The van der Waals surface area contributed by atoms with Crippen LogP contribution in [-0.4, -0.2) is 28.4 Å². The fourth-order valence-electron chi connectivity index (χ4n) is 9.79. The van der Waals surface area contributed by atoms with Gasteiger partial charge in [-0.3, -0.25) is 0 Å². The lowest BCUT2D eigenvalue weighted by Crippen LogP contribution is -2.27. The molecule has 0 aliphatic carbocycles. The summed E-state index contributed by atoms with van der Waals surface area (Å²) in [5.74, 6) is 3.73. The molecule has 0 aliphatic heterocycles. The second-order valence-corrected chi connectivity index (χ2v) is 20.9. The summed E-state index contributed by atoms with van der Waals surface area (Å²) < 4.78 is 23.8. The minimum atomic E-state index is -1.13. The minimum Gasteiger partial charge on any atom is -0.496 e. The van der Waals surface area contributed by atoms with Gasteiger partial charge < -0.3 is 18.9 Å². The van der Waals surface area contributed by atoms with E-state index in [1.165, 1.54) is 64.5 Å². The van der Waals surface area contributed by atoms with E-state index < -0.39 is 15.8 Å². The van der Waals surface area contributed by atoms with Gasteiger partial charge in [-0.1, -0.05) is 72.8 Å². The Morgan fingerprint density at radius 3 is 0.790 bits per heavy atom. The van der Waals surface area contributed by atoms with Crippen molar-refractivity contribution in [2.45, 2.75) is 55.4 Å². The second kappa shape index (κ2) is 17.6. The van der Waals surface area contributed by atoms with Gasteiger partial charge in [-0.2, -0.15) is 0 Å². The Morgan fingerprint density at radius 1 is 0.306 bits per heavy atom. The highest BCUT2D eigenvalue weighted by atomic mass is 31.1. The molecule has 0 aliphatic rings. The first-order chi connectivity index (χ1) is 29.9. The SMILES string of the molecule is COc1c(C)cc(P(c2cc(C)c(OC)c(C)c2)c2ccc3ccccc3c2-c2c(P(c3cc(C)c(OC)c(C)c3)c3cc(C)c(OC)c(C)c3)ccc3ccccc23)cc1C. The maximum absolute atomic E-state index is 5.96. The monoisotopic (exact) mass is 854 g/mol. The molecule has 8 aromatic carbocycles. The van der Waals surface area contributed by atoms with Crippen LogP contribution in [0.25, 0.3) is 32.7 Å². The van der Waals surface area contributed by atoms with Gasteiger partial charge in [0.15, 0.2) is 0 Å². The Labute approximate surface area is 370 Å². The Balaban J connectivity index is 1.56. The Kier molecular flexibility index (Phi) is 12.2. The quantitative estimate of drug-likeness (QED) is 0.121. The average molecular weight is 855 g/mol. The molecule has 0 bridgehead atoms. The predicted molar refractivity (Wildman–Crippen MR) is 268 cm³/mol. The number of fused-ring (bicyclic) bond motifs is 2. The molecule has 0 fully saturated rings. The summed E-state index contributed by atoms with van der Waals surface area (Å²) in [5.41, 5.74) is 11.6. The molecule has 4 nitrogen and oxygen atoms in total. The van der Waals surface area contributed by atoms with Crippen LogP contribution in [-0.2, 0) is 0 Å². The number of aryl methyl sites for hydroxylation is 8. The van der Waals surface area contributed by atoms with Crippen LogP contribution in [0.1, 0.15) is 44.5 Å². The summed E-state index contributed by atoms with van der Waals surface area (Å²) in [5, 5.41) is 12.6. The van der Waals surface area contributed by atoms with Crippen LogP contribution in [0.5, 0.6) is 23.0 Å². The summed E-state index contributed by atoms with van der Waals surface area (Å²) in [4.78, 5) is 0. The van der Waals surface area contributed by atoms with Gasteiger partial charge in [-0.05, 0) is 229 Å². The maximum Gasteiger partial charge on any atom is 0.124 e. The van der Waals surface area contributed by atoms with E-state index in [0.29, 0.717) is 0 Å². The molecule has 0 aromatic heterocycles. The molecule has 0 atom stereocenters. The zero-order chi connectivity index (χ0) is 44.0. The van der Waals surface area contributed by atoms with Crippen LogP contribution >= 0.6 is 15.8 Å². The lowest BCUT2D eigenvalue weighted by Gasteiger charge is -2.30. The molecule has 0 amide bonds. The molecule has 8 aromatic rings. The fourth-order valence-corrected chi connectivity index (χ4v) is 15.4. The van der Waals surface area contributed by atoms with Crippen LogP contribution in [0.4, 0.5) is 0 Å². The molecular weight excluding hydrogens is 799 g/mol. The van der Waals surface area contributed by atoms with E-state index >= 15 is 0 Å². The molecule has 0 spiro atoms. The zero-order valence-corrected chi connectivity index (χ0v) is 39.9. The molecule has 62 heavy (non-hydrogen) atoms. The molecule has 0 N–H and O–H groups in total. The summed E-state index contributed by atoms with van der Waals surface area (Å²) in [6.45, 7) is 17.4. The van der Waals surface area contributed by atoms with E-state index in [9.17, 15) is 0 Å². The third kappa shape index (κ3) is 7.63. The van der Waals surface area contributed by atoms with Crippen molar-refractivity contribution in [2.75, 3.05) is 28.4 Å². The molecule has 0 saturated carbocycles. The predicted octanol–water partition coefficient (Wildman–Crippen LogP) is 11.7. The van der Waals surface area contributed by atoms with Crippen molar-refractivity contribution in [1.29, 1.82) is 0 Å². The van der Waals surface area contributed by atoms with Crippen molar-refractivity contribution in [3.63, 3.8) is 0 Å².